The first-order valence-electron chi connectivity index (χ1n) is 4.61. The van der Waals surface area contributed by atoms with Gasteiger partial charge in [0.15, 0.2) is 9.84 Å². The van der Waals surface area contributed by atoms with E-state index in [1.165, 1.54) is 0 Å². The molecule has 0 aromatic heterocycles. The van der Waals surface area contributed by atoms with Gasteiger partial charge in [-0.25, -0.2) is 8.42 Å². The van der Waals surface area contributed by atoms with Crippen molar-refractivity contribution in [2.75, 3.05) is 11.1 Å². The lowest BCUT2D eigenvalue weighted by Crippen LogP contribution is -2.42. The first kappa shape index (κ1) is 11.0. The van der Waals surface area contributed by atoms with Crippen LogP contribution >= 0.6 is 15.9 Å². The molecule has 0 spiro atoms. The van der Waals surface area contributed by atoms with E-state index in [-0.39, 0.29) is 5.75 Å². The van der Waals surface area contributed by atoms with Crippen molar-refractivity contribution in [3.05, 3.63) is 22.7 Å². The van der Waals surface area contributed by atoms with E-state index in [4.69, 9.17) is 0 Å². The van der Waals surface area contributed by atoms with Crippen molar-refractivity contribution in [2.45, 2.75) is 24.3 Å². The fourth-order valence-electron chi connectivity index (χ4n) is 1.81. The number of nitrogens with one attached hydrogen (secondary N) is 1. The summed E-state index contributed by atoms with van der Waals surface area (Å²) >= 11 is 3.28. The summed E-state index contributed by atoms with van der Waals surface area (Å²) < 4.78 is 24.7. The summed E-state index contributed by atoms with van der Waals surface area (Å²) in [5.41, 5.74) is 0.286. The van der Waals surface area contributed by atoms with E-state index in [1.807, 2.05) is 19.9 Å². The van der Waals surface area contributed by atoms with Crippen LogP contribution in [-0.2, 0) is 9.84 Å². The topological polar surface area (TPSA) is 46.2 Å². The summed E-state index contributed by atoms with van der Waals surface area (Å²) in [5.74, 6) is 0.128. The molecule has 0 aliphatic carbocycles. The molecular formula is C10H12BrNO2S. The molecule has 0 saturated carbocycles. The van der Waals surface area contributed by atoms with Crippen LogP contribution in [0.4, 0.5) is 5.69 Å². The molecule has 1 heterocycles. The summed E-state index contributed by atoms with van der Waals surface area (Å²) in [6.07, 6.45) is 0. The summed E-state index contributed by atoms with van der Waals surface area (Å²) in [5, 5.41) is 3.22. The zero-order valence-electron chi connectivity index (χ0n) is 8.54. The van der Waals surface area contributed by atoms with Crippen molar-refractivity contribution in [2.24, 2.45) is 0 Å². The number of benzene rings is 1. The Hall–Kier alpha value is -0.550. The number of anilines is 1. The third-order valence-electron chi connectivity index (χ3n) is 2.30. The Labute approximate surface area is 97.9 Å². The number of fused-ring (bicyclic) bond motifs is 1. The van der Waals surface area contributed by atoms with Gasteiger partial charge >= 0.3 is 0 Å². The van der Waals surface area contributed by atoms with Crippen molar-refractivity contribution in [1.29, 1.82) is 0 Å². The van der Waals surface area contributed by atoms with Crippen LogP contribution in [0.5, 0.6) is 0 Å². The Morgan fingerprint density at radius 1 is 1.40 bits per heavy atom. The van der Waals surface area contributed by atoms with Crippen LogP contribution in [0.1, 0.15) is 13.8 Å². The van der Waals surface area contributed by atoms with Gasteiger partial charge in [0.2, 0.25) is 0 Å². The van der Waals surface area contributed by atoms with E-state index in [0.29, 0.717) is 10.6 Å². The number of hydrogen-bond acceptors (Lipinski definition) is 3. The van der Waals surface area contributed by atoms with Crippen LogP contribution in [0.3, 0.4) is 0 Å². The monoisotopic (exact) mass is 289 g/mol. The van der Waals surface area contributed by atoms with E-state index >= 15 is 0 Å². The fourth-order valence-corrected chi connectivity index (χ4v) is 4.26. The molecule has 0 saturated heterocycles. The molecule has 1 N–H and O–H groups in total. The number of rotatable bonds is 0. The predicted molar refractivity (Wildman–Crippen MR) is 63.9 cm³/mol. The standard InChI is InChI=1S/C10H12BrNO2S/c1-10(2)6-15(13,14)9-5-7(11)3-4-8(9)12-10/h3-5,12H,6H2,1-2H3. The van der Waals surface area contributed by atoms with Gasteiger partial charge < -0.3 is 5.32 Å². The second-order valence-electron chi connectivity index (χ2n) is 4.41. The highest BCUT2D eigenvalue weighted by Gasteiger charge is 2.34. The third-order valence-corrected chi connectivity index (χ3v) is 4.91. The Balaban J connectivity index is 2.66. The predicted octanol–water partition coefficient (Wildman–Crippen LogP) is 2.43. The van der Waals surface area contributed by atoms with Crippen LogP contribution in [0.15, 0.2) is 27.6 Å². The normalized spacial score (nSPS) is 21.5. The Bertz CT molecular complexity index is 508. The Morgan fingerprint density at radius 3 is 2.73 bits per heavy atom. The minimum absolute atomic E-state index is 0.128. The largest absolute Gasteiger partial charge is 0.378 e. The lowest BCUT2D eigenvalue weighted by molar-refractivity contribution is 0.556. The number of sulfone groups is 1. The Morgan fingerprint density at radius 2 is 2.07 bits per heavy atom. The molecule has 0 fully saturated rings. The first-order valence-corrected chi connectivity index (χ1v) is 7.05. The van der Waals surface area contributed by atoms with Crippen LogP contribution in [-0.4, -0.2) is 19.7 Å². The smallest absolute Gasteiger partial charge is 0.182 e. The van der Waals surface area contributed by atoms with E-state index in [9.17, 15) is 8.42 Å². The van der Waals surface area contributed by atoms with Crippen molar-refractivity contribution in [3.8, 4) is 0 Å². The average Bonchev–Trinajstić information content (AvgIpc) is 2.03. The molecule has 0 unspecified atom stereocenters. The maximum absolute atomic E-state index is 12.0. The third kappa shape index (κ3) is 2.03. The van der Waals surface area contributed by atoms with Crippen molar-refractivity contribution < 1.29 is 8.42 Å². The highest BCUT2D eigenvalue weighted by molar-refractivity contribution is 9.10. The van der Waals surface area contributed by atoms with Gasteiger partial charge in [-0.15, -0.1) is 0 Å². The van der Waals surface area contributed by atoms with Crippen LogP contribution < -0.4 is 5.32 Å². The first-order chi connectivity index (χ1) is 6.80. The van der Waals surface area contributed by atoms with Crippen molar-refractivity contribution in [1.82, 2.24) is 0 Å². The van der Waals surface area contributed by atoms with Gasteiger partial charge in [-0.3, -0.25) is 0 Å². The summed E-state index contributed by atoms with van der Waals surface area (Å²) in [4.78, 5) is 0.385. The molecule has 1 aliphatic heterocycles. The molecule has 1 aromatic carbocycles. The summed E-state index contributed by atoms with van der Waals surface area (Å²) in [6, 6.07) is 5.27. The fraction of sp³-hybridized carbons (Fsp3) is 0.400. The molecule has 2 rings (SSSR count). The molecular weight excluding hydrogens is 278 g/mol. The second kappa shape index (κ2) is 3.22. The lowest BCUT2D eigenvalue weighted by atomic mass is 10.1. The summed E-state index contributed by atoms with van der Waals surface area (Å²) in [6.45, 7) is 3.77. The van der Waals surface area contributed by atoms with E-state index in [1.54, 1.807) is 12.1 Å². The zero-order chi connectivity index (χ0) is 11.3. The van der Waals surface area contributed by atoms with Crippen LogP contribution in [0.25, 0.3) is 0 Å². The molecule has 5 heteroatoms. The summed E-state index contributed by atoms with van der Waals surface area (Å²) in [7, 11) is -3.16. The molecule has 0 radical (unpaired) electrons. The minimum Gasteiger partial charge on any atom is -0.378 e. The quantitative estimate of drug-likeness (QED) is 0.798. The second-order valence-corrected chi connectivity index (χ2v) is 7.28. The van der Waals surface area contributed by atoms with E-state index in [0.717, 1.165) is 4.47 Å². The van der Waals surface area contributed by atoms with Crippen LogP contribution in [0.2, 0.25) is 0 Å². The van der Waals surface area contributed by atoms with Gasteiger partial charge in [-0.2, -0.15) is 0 Å². The van der Waals surface area contributed by atoms with Gasteiger partial charge in [-0.1, -0.05) is 15.9 Å². The molecule has 0 bridgehead atoms. The Kier molecular flexibility index (Phi) is 2.35. The molecule has 1 aromatic rings. The molecule has 82 valence electrons. The SMILES string of the molecule is CC1(C)CS(=O)(=O)c2cc(Br)ccc2N1. The van der Waals surface area contributed by atoms with E-state index < -0.39 is 15.4 Å². The average molecular weight is 290 g/mol. The van der Waals surface area contributed by atoms with Crippen molar-refractivity contribution >= 4 is 31.5 Å². The van der Waals surface area contributed by atoms with E-state index in [2.05, 4.69) is 21.2 Å². The van der Waals surface area contributed by atoms with Gasteiger partial charge in [0.25, 0.3) is 0 Å². The zero-order valence-corrected chi connectivity index (χ0v) is 10.9. The number of hydrogen-bond donors (Lipinski definition) is 1. The van der Waals surface area contributed by atoms with Crippen molar-refractivity contribution in [3.63, 3.8) is 0 Å². The number of halogens is 1. The highest BCUT2D eigenvalue weighted by Crippen LogP contribution is 2.34. The molecule has 1 aliphatic rings. The molecule has 0 atom stereocenters. The lowest BCUT2D eigenvalue weighted by Gasteiger charge is -2.33. The minimum atomic E-state index is -3.16. The van der Waals surface area contributed by atoms with Gasteiger partial charge in [-0.05, 0) is 32.0 Å². The van der Waals surface area contributed by atoms with Crippen LogP contribution in [0, 0.1) is 0 Å². The maximum Gasteiger partial charge on any atom is 0.182 e. The molecule has 0 amide bonds. The van der Waals surface area contributed by atoms with Gasteiger partial charge in [0.05, 0.1) is 16.3 Å². The molecule has 15 heavy (non-hydrogen) atoms. The highest BCUT2D eigenvalue weighted by atomic mass is 79.9. The van der Waals surface area contributed by atoms with Gasteiger partial charge in [0.1, 0.15) is 0 Å². The van der Waals surface area contributed by atoms with Gasteiger partial charge in [0, 0.05) is 10.0 Å². The molecule has 3 nitrogen and oxygen atoms in total. The maximum atomic E-state index is 12.0.